The number of para-hydroxylation sites is 1. The number of aliphatic imine (C=N–C) groups is 1. The van der Waals surface area contributed by atoms with Crippen molar-refractivity contribution in [3.05, 3.63) is 70.5 Å². The van der Waals surface area contributed by atoms with Crippen LogP contribution in [0.5, 0.6) is 11.5 Å². The number of rotatable bonds is 7. The number of nitrogens with zero attached hydrogens (tertiary/aromatic N) is 1. The highest BCUT2D eigenvalue weighted by Crippen LogP contribution is 2.26. The number of aromatic amines is 1. The van der Waals surface area contributed by atoms with Crippen LogP contribution in [0.4, 0.5) is 10.7 Å². The van der Waals surface area contributed by atoms with Crippen LogP contribution in [-0.4, -0.2) is 16.8 Å². The van der Waals surface area contributed by atoms with E-state index in [1.807, 2.05) is 54.6 Å². The molecule has 0 atom stereocenters. The Hall–Kier alpha value is -3.06. The fourth-order valence-corrected chi connectivity index (χ4v) is 3.34. The summed E-state index contributed by atoms with van der Waals surface area (Å²) in [6.45, 7) is 7.02. The van der Waals surface area contributed by atoms with Crippen LogP contribution in [0.25, 0.3) is 0 Å². The van der Waals surface area contributed by atoms with E-state index >= 15 is 0 Å². The standard InChI is InChI=1S/C22H26N4O2S/c1-22(2,3)13-14-24-19(23)18-20(27)26-29-21(18)25-15-9-11-17(12-10-15)28-16-7-5-4-6-8-16/h4-12,25H,13-14H2,1-3H3,(H2,23,24)(H,26,27). The van der Waals surface area contributed by atoms with Gasteiger partial charge in [-0.3, -0.25) is 14.2 Å². The molecule has 2 aromatic carbocycles. The van der Waals surface area contributed by atoms with Crippen molar-refractivity contribution < 1.29 is 4.74 Å². The number of hydrogen-bond acceptors (Lipinski definition) is 5. The Balaban J connectivity index is 1.71. The molecule has 0 fully saturated rings. The van der Waals surface area contributed by atoms with Gasteiger partial charge in [-0.2, -0.15) is 0 Å². The lowest BCUT2D eigenvalue weighted by molar-refractivity contribution is 0.385. The molecule has 29 heavy (non-hydrogen) atoms. The first-order valence-corrected chi connectivity index (χ1v) is 10.3. The van der Waals surface area contributed by atoms with E-state index < -0.39 is 0 Å². The molecule has 6 nitrogen and oxygen atoms in total. The third-order valence-electron chi connectivity index (χ3n) is 4.19. The summed E-state index contributed by atoms with van der Waals surface area (Å²) in [5.41, 5.74) is 7.24. The summed E-state index contributed by atoms with van der Waals surface area (Å²) in [6, 6.07) is 17.1. The van der Waals surface area contributed by atoms with Crippen LogP contribution < -0.4 is 21.3 Å². The molecular weight excluding hydrogens is 384 g/mol. The van der Waals surface area contributed by atoms with Gasteiger partial charge in [0.25, 0.3) is 5.56 Å². The number of aromatic nitrogens is 1. The number of nitrogens with two attached hydrogens (primary N) is 1. The van der Waals surface area contributed by atoms with Gasteiger partial charge in [0.05, 0.1) is 0 Å². The van der Waals surface area contributed by atoms with E-state index in [0.717, 1.165) is 23.6 Å². The van der Waals surface area contributed by atoms with E-state index in [1.165, 1.54) is 11.5 Å². The number of benzene rings is 2. The van der Waals surface area contributed by atoms with Crippen molar-refractivity contribution in [3.63, 3.8) is 0 Å². The van der Waals surface area contributed by atoms with Crippen LogP contribution in [-0.2, 0) is 0 Å². The monoisotopic (exact) mass is 410 g/mol. The summed E-state index contributed by atoms with van der Waals surface area (Å²) in [5.74, 6) is 1.76. The van der Waals surface area contributed by atoms with Crippen LogP contribution >= 0.6 is 11.5 Å². The summed E-state index contributed by atoms with van der Waals surface area (Å²) in [4.78, 5) is 16.6. The minimum atomic E-state index is -0.237. The first-order valence-electron chi connectivity index (χ1n) is 9.43. The molecule has 4 N–H and O–H groups in total. The Bertz CT molecular complexity index is 1020. The minimum Gasteiger partial charge on any atom is -0.457 e. The summed E-state index contributed by atoms with van der Waals surface area (Å²) in [6.07, 6.45) is 0.890. The Morgan fingerprint density at radius 3 is 2.41 bits per heavy atom. The lowest BCUT2D eigenvalue weighted by Crippen LogP contribution is -2.23. The van der Waals surface area contributed by atoms with Gasteiger partial charge >= 0.3 is 0 Å². The third-order valence-corrected chi connectivity index (χ3v) is 4.99. The van der Waals surface area contributed by atoms with E-state index in [1.54, 1.807) is 0 Å². The zero-order valence-electron chi connectivity index (χ0n) is 16.9. The topological polar surface area (TPSA) is 92.5 Å². The van der Waals surface area contributed by atoms with E-state index in [2.05, 4.69) is 35.5 Å². The highest BCUT2D eigenvalue weighted by molar-refractivity contribution is 7.10. The SMILES string of the molecule is CC(C)(C)CCN=C(N)c1c(Nc2ccc(Oc3ccccc3)cc2)s[nH]c1=O. The van der Waals surface area contributed by atoms with Gasteiger partial charge in [-0.05, 0) is 59.8 Å². The Labute approximate surface area is 174 Å². The van der Waals surface area contributed by atoms with Gasteiger partial charge in [0.1, 0.15) is 27.9 Å². The molecule has 0 saturated carbocycles. The van der Waals surface area contributed by atoms with E-state index in [0.29, 0.717) is 17.1 Å². The first-order chi connectivity index (χ1) is 13.8. The van der Waals surface area contributed by atoms with Crippen molar-refractivity contribution in [1.29, 1.82) is 0 Å². The number of nitrogens with one attached hydrogen (secondary N) is 2. The molecule has 0 bridgehead atoms. The largest absolute Gasteiger partial charge is 0.457 e. The second-order valence-corrected chi connectivity index (χ2v) is 8.70. The number of anilines is 2. The smallest absolute Gasteiger partial charge is 0.271 e. The van der Waals surface area contributed by atoms with Crippen molar-refractivity contribution in [1.82, 2.24) is 4.37 Å². The van der Waals surface area contributed by atoms with E-state index in [4.69, 9.17) is 10.5 Å². The van der Waals surface area contributed by atoms with Crippen LogP contribution in [0.15, 0.2) is 64.4 Å². The maximum absolute atomic E-state index is 12.2. The van der Waals surface area contributed by atoms with Gasteiger partial charge in [-0.15, -0.1) is 0 Å². The molecule has 7 heteroatoms. The van der Waals surface area contributed by atoms with Crippen molar-refractivity contribution in [3.8, 4) is 11.5 Å². The lowest BCUT2D eigenvalue weighted by Gasteiger charge is -2.16. The molecule has 3 rings (SSSR count). The first kappa shape index (κ1) is 20.7. The van der Waals surface area contributed by atoms with Gasteiger partial charge in [0.15, 0.2) is 0 Å². The summed E-state index contributed by atoms with van der Waals surface area (Å²) in [5, 5.41) is 3.89. The molecule has 1 aromatic heterocycles. The van der Waals surface area contributed by atoms with Crippen LogP contribution in [0, 0.1) is 5.41 Å². The normalized spacial score (nSPS) is 12.0. The van der Waals surface area contributed by atoms with Gasteiger partial charge < -0.3 is 15.8 Å². The van der Waals surface area contributed by atoms with Gasteiger partial charge in [0, 0.05) is 12.2 Å². The van der Waals surface area contributed by atoms with Crippen LogP contribution in [0.2, 0.25) is 0 Å². The molecule has 3 aromatic rings. The summed E-state index contributed by atoms with van der Waals surface area (Å²) >= 11 is 1.20. The lowest BCUT2D eigenvalue weighted by atomic mass is 9.92. The number of H-pyrrole nitrogens is 1. The molecule has 0 spiro atoms. The molecule has 0 radical (unpaired) electrons. The van der Waals surface area contributed by atoms with Gasteiger partial charge in [-0.25, -0.2) is 0 Å². The number of hydrogen-bond donors (Lipinski definition) is 3. The zero-order valence-corrected chi connectivity index (χ0v) is 17.7. The predicted molar refractivity (Wildman–Crippen MR) is 121 cm³/mol. The average molecular weight is 411 g/mol. The highest BCUT2D eigenvalue weighted by atomic mass is 32.1. The fourth-order valence-electron chi connectivity index (χ4n) is 2.58. The van der Waals surface area contributed by atoms with Crippen molar-refractivity contribution >= 4 is 28.1 Å². The Morgan fingerprint density at radius 1 is 1.10 bits per heavy atom. The van der Waals surface area contributed by atoms with Gasteiger partial charge in [-0.1, -0.05) is 39.0 Å². The van der Waals surface area contributed by atoms with Crippen molar-refractivity contribution in [2.24, 2.45) is 16.1 Å². The number of ether oxygens (including phenoxy) is 1. The highest BCUT2D eigenvalue weighted by Gasteiger charge is 2.16. The van der Waals surface area contributed by atoms with E-state index in [9.17, 15) is 4.79 Å². The quantitative estimate of drug-likeness (QED) is 0.373. The Kier molecular flexibility index (Phi) is 6.39. The van der Waals surface area contributed by atoms with Crippen molar-refractivity contribution in [2.45, 2.75) is 27.2 Å². The van der Waals surface area contributed by atoms with E-state index in [-0.39, 0.29) is 16.8 Å². The minimum absolute atomic E-state index is 0.162. The zero-order chi connectivity index (χ0) is 20.9. The second-order valence-electron chi connectivity index (χ2n) is 7.88. The molecule has 1 heterocycles. The molecule has 0 saturated heterocycles. The molecular formula is C22H26N4O2S. The number of amidine groups is 1. The van der Waals surface area contributed by atoms with Crippen LogP contribution in [0.3, 0.4) is 0 Å². The van der Waals surface area contributed by atoms with Crippen LogP contribution in [0.1, 0.15) is 32.8 Å². The predicted octanol–water partition coefficient (Wildman–Crippen LogP) is 5.11. The Morgan fingerprint density at radius 2 is 1.76 bits per heavy atom. The van der Waals surface area contributed by atoms with Gasteiger partial charge in [0.2, 0.25) is 0 Å². The third kappa shape index (κ3) is 5.96. The average Bonchev–Trinajstić information content (AvgIpc) is 3.03. The summed E-state index contributed by atoms with van der Waals surface area (Å²) < 4.78 is 8.53. The molecule has 0 aliphatic carbocycles. The molecule has 0 unspecified atom stereocenters. The molecule has 0 aliphatic heterocycles. The molecule has 0 aliphatic rings. The summed E-state index contributed by atoms with van der Waals surface area (Å²) in [7, 11) is 0. The molecule has 0 amide bonds. The van der Waals surface area contributed by atoms with Crippen molar-refractivity contribution in [2.75, 3.05) is 11.9 Å². The second kappa shape index (κ2) is 8.96. The maximum Gasteiger partial charge on any atom is 0.271 e. The fraction of sp³-hybridized carbons (Fsp3) is 0.273. The molecule has 152 valence electrons. The maximum atomic E-state index is 12.2.